The van der Waals surface area contributed by atoms with Crippen LogP contribution < -0.4 is 25.8 Å². The number of halogens is 1. The molecule has 10 heteroatoms. The number of hydrogen-bond acceptors (Lipinski definition) is 6. The first-order valence-electron chi connectivity index (χ1n) is 9.94. The summed E-state index contributed by atoms with van der Waals surface area (Å²) in [7, 11) is 1.72. The first kappa shape index (κ1) is 21.7. The largest absolute Gasteiger partial charge is 0.454 e. The number of nitrogens with zero attached hydrogens (tertiary/aromatic N) is 2. The minimum atomic E-state index is -0.572. The molecule has 4 N–H and O–H groups in total. The molecule has 2 amide bonds. The zero-order valence-corrected chi connectivity index (χ0v) is 18.1. The fourth-order valence-corrected chi connectivity index (χ4v) is 4.08. The highest BCUT2D eigenvalue weighted by molar-refractivity contribution is 5.96. The van der Waals surface area contributed by atoms with Gasteiger partial charge in [-0.3, -0.25) is 9.59 Å². The van der Waals surface area contributed by atoms with Gasteiger partial charge in [0.1, 0.15) is 0 Å². The molecule has 5 rings (SSSR count). The summed E-state index contributed by atoms with van der Waals surface area (Å²) >= 11 is 0. The summed E-state index contributed by atoms with van der Waals surface area (Å²) in [6.45, 7) is 0.379. The molecule has 1 aliphatic heterocycles. The molecule has 0 spiro atoms. The van der Waals surface area contributed by atoms with Crippen LogP contribution in [0.1, 0.15) is 21.6 Å². The van der Waals surface area contributed by atoms with E-state index in [4.69, 9.17) is 15.2 Å². The van der Waals surface area contributed by atoms with Gasteiger partial charge in [-0.2, -0.15) is 5.10 Å². The highest BCUT2D eigenvalue weighted by atomic mass is 35.5. The number of rotatable bonds is 5. The molecule has 1 aliphatic carbocycles. The Hall–Kier alpha value is -3.56. The van der Waals surface area contributed by atoms with Crippen LogP contribution in [-0.2, 0) is 17.6 Å². The van der Waals surface area contributed by atoms with Crippen molar-refractivity contribution in [2.24, 2.45) is 5.73 Å². The Morgan fingerprint density at radius 1 is 1.12 bits per heavy atom. The van der Waals surface area contributed by atoms with Crippen LogP contribution in [0, 0.1) is 0 Å². The number of hydrogen-bond donors (Lipinski definition) is 3. The Morgan fingerprint density at radius 3 is 2.72 bits per heavy atom. The predicted octanol–water partition coefficient (Wildman–Crippen LogP) is 2.05. The minimum Gasteiger partial charge on any atom is -0.454 e. The average Bonchev–Trinajstić information content (AvgIpc) is 3.38. The number of fused-ring (bicyclic) bond motifs is 4. The summed E-state index contributed by atoms with van der Waals surface area (Å²) < 4.78 is 12.6. The second kappa shape index (κ2) is 8.52. The topological polar surface area (TPSA) is 120 Å². The Morgan fingerprint density at radius 2 is 1.94 bits per heavy atom. The molecular formula is C22H22ClN5O4. The molecule has 0 saturated carbocycles. The Labute approximate surface area is 190 Å². The van der Waals surface area contributed by atoms with Crippen LogP contribution in [0.25, 0.3) is 16.9 Å². The molecule has 2 aromatic carbocycles. The third-order valence-corrected chi connectivity index (χ3v) is 5.45. The van der Waals surface area contributed by atoms with Crippen molar-refractivity contribution >= 4 is 29.9 Å². The fourth-order valence-electron chi connectivity index (χ4n) is 4.08. The molecule has 32 heavy (non-hydrogen) atoms. The second-order valence-electron chi connectivity index (χ2n) is 7.44. The predicted molar refractivity (Wildman–Crippen MR) is 121 cm³/mol. The molecule has 0 bridgehead atoms. The van der Waals surface area contributed by atoms with Crippen LogP contribution in [0.5, 0.6) is 11.5 Å². The molecule has 2 aliphatic rings. The van der Waals surface area contributed by atoms with Crippen molar-refractivity contribution in [3.05, 3.63) is 53.2 Å². The van der Waals surface area contributed by atoms with E-state index in [0.717, 1.165) is 34.5 Å². The minimum absolute atomic E-state index is 0. The Balaban J connectivity index is 0.00000245. The lowest BCUT2D eigenvalue weighted by Crippen LogP contribution is -2.25. The number of aryl methyl sites for hydroxylation is 1. The molecule has 166 valence electrons. The van der Waals surface area contributed by atoms with Gasteiger partial charge in [0.2, 0.25) is 12.7 Å². The van der Waals surface area contributed by atoms with Crippen LogP contribution in [0.2, 0.25) is 0 Å². The van der Waals surface area contributed by atoms with Crippen molar-refractivity contribution in [1.29, 1.82) is 0 Å². The van der Waals surface area contributed by atoms with Crippen LogP contribution in [0.15, 0.2) is 36.4 Å². The van der Waals surface area contributed by atoms with Gasteiger partial charge in [0.05, 0.1) is 17.9 Å². The van der Waals surface area contributed by atoms with Gasteiger partial charge in [-0.25, -0.2) is 4.68 Å². The van der Waals surface area contributed by atoms with E-state index in [-0.39, 0.29) is 37.3 Å². The number of carbonyl (C=O) groups is 2. The van der Waals surface area contributed by atoms with Crippen LogP contribution in [0.4, 0.5) is 5.69 Å². The second-order valence-corrected chi connectivity index (χ2v) is 7.44. The summed E-state index contributed by atoms with van der Waals surface area (Å²) in [5.74, 6) is 0.569. The fraction of sp³-hybridized carbons (Fsp3) is 0.227. The molecule has 0 atom stereocenters. The number of aromatic nitrogens is 2. The average molecular weight is 456 g/mol. The van der Waals surface area contributed by atoms with Crippen LogP contribution in [0.3, 0.4) is 0 Å². The standard InChI is InChI=1S/C22H21N5O4.ClH/c1-24-10-19(28)25-13-4-2-12-3-6-15-20(22(23)29)26-27(21(15)16(12)8-13)14-5-7-17-18(9-14)31-11-30-17;/h2,4-5,7-9,24H,3,6,10-11H2,1H3,(H2,23,29)(H,25,28);1H. The maximum atomic E-state index is 12.1. The third kappa shape index (κ3) is 3.65. The van der Waals surface area contributed by atoms with Gasteiger partial charge >= 0.3 is 0 Å². The van der Waals surface area contributed by atoms with Gasteiger partial charge in [-0.1, -0.05) is 6.07 Å². The van der Waals surface area contributed by atoms with E-state index in [2.05, 4.69) is 15.7 Å². The maximum Gasteiger partial charge on any atom is 0.269 e. The summed E-state index contributed by atoms with van der Waals surface area (Å²) in [5.41, 5.74) is 10.9. The molecule has 0 saturated heterocycles. The number of carbonyl (C=O) groups excluding carboxylic acids is 2. The van der Waals surface area contributed by atoms with Gasteiger partial charge < -0.3 is 25.8 Å². The Bertz CT molecular complexity index is 1220. The van der Waals surface area contributed by atoms with Crippen molar-refractivity contribution in [2.45, 2.75) is 12.8 Å². The molecule has 0 fully saturated rings. The van der Waals surface area contributed by atoms with Crippen molar-refractivity contribution in [3.8, 4) is 28.4 Å². The number of nitrogens with two attached hydrogens (primary N) is 1. The van der Waals surface area contributed by atoms with Crippen molar-refractivity contribution in [3.63, 3.8) is 0 Å². The number of likely N-dealkylation sites (N-methyl/N-ethyl adjacent to an activating group) is 1. The Kier molecular flexibility index (Phi) is 5.77. The number of benzene rings is 2. The number of primary amides is 1. The zero-order chi connectivity index (χ0) is 21.5. The lowest BCUT2D eigenvalue weighted by Gasteiger charge is -2.20. The van der Waals surface area contributed by atoms with E-state index in [0.29, 0.717) is 23.6 Å². The number of nitrogens with one attached hydrogen (secondary N) is 2. The normalized spacial score (nSPS) is 13.0. The molecule has 1 aromatic heterocycles. The maximum absolute atomic E-state index is 12.1. The van der Waals surface area contributed by atoms with Crippen LogP contribution >= 0.6 is 12.4 Å². The van der Waals surface area contributed by atoms with Gasteiger partial charge in [0.15, 0.2) is 17.2 Å². The highest BCUT2D eigenvalue weighted by Gasteiger charge is 2.29. The SMILES string of the molecule is CNCC(=O)Nc1ccc2c(c1)-c1c(c(C(N)=O)nn1-c1ccc3c(c1)OCO3)CC2.Cl. The van der Waals surface area contributed by atoms with Crippen molar-refractivity contribution in [1.82, 2.24) is 15.1 Å². The monoisotopic (exact) mass is 455 g/mol. The molecular weight excluding hydrogens is 434 g/mol. The van der Waals surface area contributed by atoms with E-state index in [1.54, 1.807) is 11.7 Å². The molecule has 0 radical (unpaired) electrons. The number of anilines is 1. The smallest absolute Gasteiger partial charge is 0.269 e. The third-order valence-electron chi connectivity index (χ3n) is 5.45. The summed E-state index contributed by atoms with van der Waals surface area (Å²) in [5, 5.41) is 10.3. The highest BCUT2D eigenvalue weighted by Crippen LogP contribution is 2.40. The molecule has 9 nitrogen and oxygen atoms in total. The van der Waals surface area contributed by atoms with Gasteiger partial charge in [0, 0.05) is 22.9 Å². The van der Waals surface area contributed by atoms with Gasteiger partial charge in [-0.05, 0) is 49.7 Å². The van der Waals surface area contributed by atoms with E-state index in [1.807, 2.05) is 36.4 Å². The van der Waals surface area contributed by atoms with Crippen LogP contribution in [-0.4, -0.2) is 42.0 Å². The lowest BCUT2D eigenvalue weighted by molar-refractivity contribution is -0.115. The summed E-state index contributed by atoms with van der Waals surface area (Å²) in [6, 6.07) is 11.3. The summed E-state index contributed by atoms with van der Waals surface area (Å²) in [4.78, 5) is 24.2. The van der Waals surface area contributed by atoms with Gasteiger partial charge in [-0.15, -0.1) is 12.4 Å². The quantitative estimate of drug-likeness (QED) is 0.541. The van der Waals surface area contributed by atoms with E-state index in [1.165, 1.54) is 0 Å². The molecule has 3 aromatic rings. The van der Waals surface area contributed by atoms with Gasteiger partial charge in [0.25, 0.3) is 5.91 Å². The number of ether oxygens (including phenoxy) is 2. The van der Waals surface area contributed by atoms with E-state index in [9.17, 15) is 9.59 Å². The number of amides is 2. The first-order chi connectivity index (χ1) is 15.0. The molecule has 2 heterocycles. The van der Waals surface area contributed by atoms with Crippen molar-refractivity contribution < 1.29 is 19.1 Å². The summed E-state index contributed by atoms with van der Waals surface area (Å²) in [6.07, 6.45) is 1.40. The van der Waals surface area contributed by atoms with Crippen molar-refractivity contribution in [2.75, 3.05) is 25.7 Å². The van der Waals surface area contributed by atoms with E-state index >= 15 is 0 Å². The first-order valence-corrected chi connectivity index (χ1v) is 9.94. The van der Waals surface area contributed by atoms with E-state index < -0.39 is 5.91 Å². The molecule has 0 unspecified atom stereocenters. The zero-order valence-electron chi connectivity index (χ0n) is 17.3. The lowest BCUT2D eigenvalue weighted by atomic mass is 9.88.